The van der Waals surface area contributed by atoms with Crippen LogP contribution in [0.3, 0.4) is 0 Å². The van der Waals surface area contributed by atoms with Gasteiger partial charge in [-0.1, -0.05) is 30.3 Å². The Bertz CT molecular complexity index is 856. The van der Waals surface area contributed by atoms with E-state index in [4.69, 9.17) is 0 Å². The van der Waals surface area contributed by atoms with E-state index in [1.54, 1.807) is 28.6 Å². The van der Waals surface area contributed by atoms with Gasteiger partial charge in [-0.15, -0.1) is 0 Å². The van der Waals surface area contributed by atoms with E-state index in [1.165, 1.54) is 12.5 Å². The third-order valence-corrected chi connectivity index (χ3v) is 6.98. The van der Waals surface area contributed by atoms with Crippen LogP contribution in [0.2, 0.25) is 0 Å². The highest BCUT2D eigenvalue weighted by atomic mass is 32.2. The molecular formula is C21H26N2O3S. The van der Waals surface area contributed by atoms with E-state index in [1.807, 2.05) is 6.07 Å². The van der Waals surface area contributed by atoms with E-state index in [0.29, 0.717) is 24.7 Å². The van der Waals surface area contributed by atoms with Gasteiger partial charge in [0, 0.05) is 25.7 Å². The van der Waals surface area contributed by atoms with Crippen molar-refractivity contribution in [2.75, 3.05) is 18.4 Å². The van der Waals surface area contributed by atoms with Crippen LogP contribution < -0.4 is 5.32 Å². The van der Waals surface area contributed by atoms with Crippen LogP contribution in [0.15, 0.2) is 59.5 Å². The summed E-state index contributed by atoms with van der Waals surface area (Å²) in [6.07, 6.45) is 3.94. The van der Waals surface area contributed by atoms with Crippen LogP contribution in [0.25, 0.3) is 0 Å². The predicted octanol–water partition coefficient (Wildman–Crippen LogP) is 3.68. The molecule has 2 aromatic carbocycles. The normalized spacial score (nSPS) is 16.2. The van der Waals surface area contributed by atoms with E-state index in [2.05, 4.69) is 29.6 Å². The molecule has 0 aliphatic carbocycles. The van der Waals surface area contributed by atoms with Crippen molar-refractivity contribution in [2.45, 2.75) is 37.5 Å². The van der Waals surface area contributed by atoms with Gasteiger partial charge in [-0.05, 0) is 61.4 Å². The Kier molecular flexibility index (Phi) is 6.29. The fourth-order valence-corrected chi connectivity index (χ4v) is 4.99. The monoisotopic (exact) mass is 386 g/mol. The number of piperidine rings is 1. The van der Waals surface area contributed by atoms with Gasteiger partial charge in [-0.25, -0.2) is 8.42 Å². The van der Waals surface area contributed by atoms with Crippen LogP contribution in [0.1, 0.15) is 31.7 Å². The highest BCUT2D eigenvalue weighted by Crippen LogP contribution is 2.27. The average Bonchev–Trinajstić information content (AvgIpc) is 2.67. The predicted molar refractivity (Wildman–Crippen MR) is 107 cm³/mol. The molecule has 1 aliphatic rings. The molecule has 6 heteroatoms. The van der Waals surface area contributed by atoms with Crippen molar-refractivity contribution in [1.82, 2.24) is 4.31 Å². The van der Waals surface area contributed by atoms with Gasteiger partial charge in [0.2, 0.25) is 15.9 Å². The van der Waals surface area contributed by atoms with Crippen LogP contribution in [0, 0.1) is 5.92 Å². The highest BCUT2D eigenvalue weighted by molar-refractivity contribution is 7.89. The second-order valence-corrected chi connectivity index (χ2v) is 9.02. The van der Waals surface area contributed by atoms with Crippen molar-refractivity contribution in [2.24, 2.45) is 5.92 Å². The zero-order valence-electron chi connectivity index (χ0n) is 15.6. The first kappa shape index (κ1) is 19.6. The largest absolute Gasteiger partial charge is 0.326 e. The molecule has 0 saturated carbocycles. The molecule has 0 spiro atoms. The zero-order valence-corrected chi connectivity index (χ0v) is 16.4. The number of aryl methyl sites for hydroxylation is 1. The van der Waals surface area contributed by atoms with E-state index >= 15 is 0 Å². The van der Waals surface area contributed by atoms with Crippen molar-refractivity contribution in [1.29, 1.82) is 0 Å². The molecule has 5 nitrogen and oxygen atoms in total. The summed E-state index contributed by atoms with van der Waals surface area (Å²) >= 11 is 0. The van der Waals surface area contributed by atoms with Crippen molar-refractivity contribution in [3.05, 3.63) is 60.2 Å². The van der Waals surface area contributed by atoms with Crippen molar-refractivity contribution in [3.8, 4) is 0 Å². The van der Waals surface area contributed by atoms with Crippen LogP contribution in [0.4, 0.5) is 5.69 Å². The molecule has 1 N–H and O–H groups in total. The summed E-state index contributed by atoms with van der Waals surface area (Å²) in [5, 5.41) is 2.65. The molecule has 1 aliphatic heterocycles. The summed E-state index contributed by atoms with van der Waals surface area (Å²) in [5.74, 6) is 0.391. The number of amides is 1. The number of nitrogens with zero attached hydrogens (tertiary/aromatic N) is 1. The third kappa shape index (κ3) is 5.17. The summed E-state index contributed by atoms with van der Waals surface area (Å²) in [6.45, 7) is 2.55. The lowest BCUT2D eigenvalue weighted by Crippen LogP contribution is -2.38. The molecule has 0 bridgehead atoms. The fraction of sp³-hybridized carbons (Fsp3) is 0.381. The number of sulfonamides is 1. The Morgan fingerprint density at radius 1 is 1.04 bits per heavy atom. The number of nitrogens with one attached hydrogen (secondary N) is 1. The lowest BCUT2D eigenvalue weighted by Gasteiger charge is -2.31. The molecule has 27 heavy (non-hydrogen) atoms. The Morgan fingerprint density at radius 3 is 2.26 bits per heavy atom. The first-order valence-corrected chi connectivity index (χ1v) is 10.8. The molecule has 0 unspecified atom stereocenters. The number of anilines is 1. The van der Waals surface area contributed by atoms with Gasteiger partial charge < -0.3 is 5.32 Å². The summed E-state index contributed by atoms with van der Waals surface area (Å²) in [6, 6.07) is 16.8. The molecule has 3 rings (SSSR count). The quantitative estimate of drug-likeness (QED) is 0.824. The van der Waals surface area contributed by atoms with E-state index in [9.17, 15) is 13.2 Å². The highest BCUT2D eigenvalue weighted by Gasteiger charge is 2.29. The third-order valence-electron chi connectivity index (χ3n) is 5.07. The summed E-state index contributed by atoms with van der Waals surface area (Å²) < 4.78 is 27.3. The van der Waals surface area contributed by atoms with Gasteiger partial charge in [0.05, 0.1) is 4.90 Å². The number of rotatable bonds is 6. The number of hydrogen-bond acceptors (Lipinski definition) is 3. The van der Waals surface area contributed by atoms with Gasteiger partial charge in [-0.3, -0.25) is 4.79 Å². The Balaban J connectivity index is 1.55. The second kappa shape index (κ2) is 8.67. The smallest absolute Gasteiger partial charge is 0.243 e. The average molecular weight is 387 g/mol. The van der Waals surface area contributed by atoms with Crippen LogP contribution in [-0.4, -0.2) is 31.7 Å². The number of hydrogen-bond donors (Lipinski definition) is 1. The molecule has 1 fully saturated rings. The first-order valence-electron chi connectivity index (χ1n) is 9.37. The minimum absolute atomic E-state index is 0.178. The lowest BCUT2D eigenvalue weighted by molar-refractivity contribution is -0.114. The van der Waals surface area contributed by atoms with E-state index in [-0.39, 0.29) is 10.8 Å². The van der Waals surface area contributed by atoms with Crippen molar-refractivity contribution >= 4 is 21.6 Å². The zero-order chi connectivity index (χ0) is 19.3. The van der Waals surface area contributed by atoms with Crippen molar-refractivity contribution < 1.29 is 13.2 Å². The van der Waals surface area contributed by atoms with E-state index < -0.39 is 10.0 Å². The molecule has 0 radical (unpaired) electrons. The number of carbonyl (C=O) groups excluding carboxylic acids is 1. The molecule has 1 heterocycles. The van der Waals surface area contributed by atoms with Crippen LogP contribution in [0.5, 0.6) is 0 Å². The topological polar surface area (TPSA) is 66.5 Å². The maximum absolute atomic E-state index is 12.8. The fourth-order valence-electron chi connectivity index (χ4n) is 3.52. The van der Waals surface area contributed by atoms with Gasteiger partial charge in [-0.2, -0.15) is 4.31 Å². The van der Waals surface area contributed by atoms with Crippen LogP contribution >= 0.6 is 0 Å². The van der Waals surface area contributed by atoms with Crippen molar-refractivity contribution in [3.63, 3.8) is 0 Å². The molecular weight excluding hydrogens is 360 g/mol. The Morgan fingerprint density at radius 2 is 1.67 bits per heavy atom. The molecule has 1 saturated heterocycles. The van der Waals surface area contributed by atoms with Gasteiger partial charge in [0.1, 0.15) is 0 Å². The van der Waals surface area contributed by atoms with Crippen LogP contribution in [-0.2, 0) is 21.2 Å². The SMILES string of the molecule is CC(=O)Nc1ccc(S(=O)(=O)N2CCC(CCc3ccccc3)CC2)cc1. The molecule has 2 aromatic rings. The standard InChI is InChI=1S/C21H26N2O3S/c1-17(24)22-20-9-11-21(12-10-20)27(25,26)23-15-13-19(14-16-23)8-7-18-5-3-2-4-6-18/h2-6,9-12,19H,7-8,13-16H2,1H3,(H,22,24). The lowest BCUT2D eigenvalue weighted by atomic mass is 9.91. The second-order valence-electron chi connectivity index (χ2n) is 7.08. The minimum Gasteiger partial charge on any atom is -0.326 e. The molecule has 144 valence electrons. The summed E-state index contributed by atoms with van der Waals surface area (Å²) in [7, 11) is -3.48. The first-order chi connectivity index (χ1) is 12.9. The van der Waals surface area contributed by atoms with Gasteiger partial charge in [0.15, 0.2) is 0 Å². The molecule has 0 atom stereocenters. The van der Waals surface area contributed by atoms with E-state index in [0.717, 1.165) is 25.7 Å². The summed E-state index contributed by atoms with van der Waals surface area (Å²) in [4.78, 5) is 11.4. The molecule has 0 aromatic heterocycles. The van der Waals surface area contributed by atoms with Gasteiger partial charge in [0.25, 0.3) is 0 Å². The Labute approximate surface area is 161 Å². The molecule has 1 amide bonds. The minimum atomic E-state index is -3.48. The Hall–Kier alpha value is -2.18. The maximum Gasteiger partial charge on any atom is 0.243 e. The summed E-state index contributed by atoms with van der Waals surface area (Å²) in [5.41, 5.74) is 1.94. The number of carbonyl (C=O) groups is 1. The maximum atomic E-state index is 12.8. The van der Waals surface area contributed by atoms with Gasteiger partial charge >= 0.3 is 0 Å². The number of benzene rings is 2.